The second kappa shape index (κ2) is 76.5. The molecule has 0 aliphatic carbocycles. The van der Waals surface area contributed by atoms with Crippen molar-refractivity contribution >= 4 is 5.97 Å². The minimum absolute atomic E-state index is 0.0180. The second-order valence-corrected chi connectivity index (χ2v) is 15.1. The zero-order chi connectivity index (χ0) is 55.8. The molecule has 0 aromatic heterocycles. The molecule has 0 rings (SSSR count). The highest BCUT2D eigenvalue weighted by Gasteiger charge is 2.00. The molecule has 464 valence electrons. The van der Waals surface area contributed by atoms with Gasteiger partial charge in [-0.15, -0.1) is 0 Å². The van der Waals surface area contributed by atoms with Crippen molar-refractivity contribution in [3.63, 3.8) is 0 Å². The van der Waals surface area contributed by atoms with Crippen molar-refractivity contribution in [1.82, 2.24) is 0 Å². The Balaban J connectivity index is 0. The number of ether oxygens (including phenoxy) is 23. The zero-order valence-corrected chi connectivity index (χ0v) is 46.6. The van der Waals surface area contributed by atoms with E-state index in [0.29, 0.717) is 304 Å². The first-order chi connectivity index (χ1) is 38.1. The van der Waals surface area contributed by atoms with E-state index in [1.54, 1.807) is 0 Å². The van der Waals surface area contributed by atoms with Gasteiger partial charge in [-0.2, -0.15) is 0 Å². The summed E-state index contributed by atoms with van der Waals surface area (Å²) in [6, 6.07) is 0. The standard InChI is InChI=1S/C48H98O25.C2H4O2/c49-1-3-51-5-7-53-9-11-55-13-15-57-17-19-59-21-23-61-25-27-63-29-31-65-33-35-67-37-39-69-41-43-71-45-47-73-48-46-72-44-42-70-40-38-68-36-34-66-32-30-64-28-26-62-24-22-60-20-18-58-16-14-56-12-10-54-8-6-52-4-2-50;1-2(3)4/h49-50H,1-48H2;1H3,(H,3,4). The lowest BCUT2D eigenvalue weighted by molar-refractivity contribution is -0.134. The molecule has 0 unspecified atom stereocenters. The molecular weight excluding hydrogens is 1030 g/mol. The van der Waals surface area contributed by atoms with Gasteiger partial charge in [-0.25, -0.2) is 0 Å². The topological polar surface area (TPSA) is 290 Å². The van der Waals surface area contributed by atoms with Crippen LogP contribution < -0.4 is 0 Å². The first kappa shape index (κ1) is 77.5. The smallest absolute Gasteiger partial charge is 0.300 e. The van der Waals surface area contributed by atoms with Crippen LogP contribution in [0.4, 0.5) is 0 Å². The Morgan fingerprint density at radius 2 is 0.234 bits per heavy atom. The summed E-state index contributed by atoms with van der Waals surface area (Å²) in [5, 5.41) is 24.6. The van der Waals surface area contributed by atoms with Crippen LogP contribution in [0.25, 0.3) is 0 Å². The molecule has 0 radical (unpaired) electrons. The van der Waals surface area contributed by atoms with Crippen LogP contribution in [-0.4, -0.2) is 338 Å². The van der Waals surface area contributed by atoms with Gasteiger partial charge in [0.1, 0.15) is 0 Å². The summed E-state index contributed by atoms with van der Waals surface area (Å²) in [6.07, 6.45) is 0. The summed E-state index contributed by atoms with van der Waals surface area (Å²) >= 11 is 0. The predicted octanol–water partition coefficient (Wildman–Crippen LogP) is -0.556. The molecule has 27 nitrogen and oxygen atoms in total. The van der Waals surface area contributed by atoms with Crippen LogP contribution in [0.1, 0.15) is 6.92 Å². The molecule has 77 heavy (non-hydrogen) atoms. The number of aliphatic hydroxyl groups excluding tert-OH is 2. The molecule has 0 aromatic carbocycles. The molecule has 0 heterocycles. The fourth-order valence-corrected chi connectivity index (χ4v) is 5.07. The van der Waals surface area contributed by atoms with Crippen molar-refractivity contribution in [2.75, 3.05) is 317 Å². The molecular formula is C50H102O27. The fourth-order valence-electron chi connectivity index (χ4n) is 5.07. The van der Waals surface area contributed by atoms with Crippen molar-refractivity contribution in [1.29, 1.82) is 0 Å². The first-order valence-corrected chi connectivity index (χ1v) is 26.8. The van der Waals surface area contributed by atoms with E-state index in [9.17, 15) is 0 Å². The van der Waals surface area contributed by atoms with Gasteiger partial charge in [-0.05, 0) is 0 Å². The van der Waals surface area contributed by atoms with Crippen molar-refractivity contribution in [3.8, 4) is 0 Å². The number of hydrogen-bond donors (Lipinski definition) is 3. The number of aliphatic hydroxyl groups is 2. The second-order valence-electron chi connectivity index (χ2n) is 15.1. The van der Waals surface area contributed by atoms with Gasteiger partial charge in [0, 0.05) is 6.92 Å². The predicted molar refractivity (Wildman–Crippen MR) is 276 cm³/mol. The van der Waals surface area contributed by atoms with E-state index in [1.165, 1.54) is 0 Å². The summed E-state index contributed by atoms with van der Waals surface area (Å²) in [5.41, 5.74) is 0. The lowest BCUT2D eigenvalue weighted by Gasteiger charge is -2.09. The van der Waals surface area contributed by atoms with Gasteiger partial charge in [0.15, 0.2) is 0 Å². The molecule has 0 aliphatic heterocycles. The summed E-state index contributed by atoms with van der Waals surface area (Å²) in [7, 11) is 0. The molecule has 0 fully saturated rings. The molecule has 0 spiro atoms. The normalized spacial score (nSPS) is 11.5. The molecule has 3 N–H and O–H groups in total. The van der Waals surface area contributed by atoms with Gasteiger partial charge < -0.3 is 124 Å². The van der Waals surface area contributed by atoms with Crippen molar-refractivity contribution in [2.45, 2.75) is 6.92 Å². The highest BCUT2D eigenvalue weighted by atomic mass is 16.6. The summed E-state index contributed by atoms with van der Waals surface area (Å²) in [4.78, 5) is 9.00. The van der Waals surface area contributed by atoms with E-state index in [0.717, 1.165) is 6.92 Å². The van der Waals surface area contributed by atoms with Crippen molar-refractivity contribution in [3.05, 3.63) is 0 Å². The van der Waals surface area contributed by atoms with Gasteiger partial charge in [0.2, 0.25) is 0 Å². The third-order valence-electron chi connectivity index (χ3n) is 8.66. The molecule has 0 saturated heterocycles. The van der Waals surface area contributed by atoms with Gasteiger partial charge in [0.25, 0.3) is 5.97 Å². The number of carboxylic acid groups (broad SMARTS) is 1. The van der Waals surface area contributed by atoms with Crippen LogP contribution in [0.2, 0.25) is 0 Å². The van der Waals surface area contributed by atoms with Crippen LogP contribution in [0, 0.1) is 0 Å². The van der Waals surface area contributed by atoms with Crippen LogP contribution in [0.5, 0.6) is 0 Å². The molecule has 0 amide bonds. The highest BCUT2D eigenvalue weighted by molar-refractivity contribution is 5.62. The van der Waals surface area contributed by atoms with Gasteiger partial charge in [-0.1, -0.05) is 0 Å². The lowest BCUT2D eigenvalue weighted by Crippen LogP contribution is -2.16. The molecule has 0 aliphatic rings. The Labute approximate surface area is 458 Å². The third-order valence-corrected chi connectivity index (χ3v) is 8.66. The van der Waals surface area contributed by atoms with E-state index < -0.39 is 5.97 Å². The van der Waals surface area contributed by atoms with Crippen LogP contribution in [0.3, 0.4) is 0 Å². The van der Waals surface area contributed by atoms with Gasteiger partial charge in [0.05, 0.1) is 317 Å². The summed E-state index contributed by atoms with van der Waals surface area (Å²) in [5.74, 6) is -0.833. The van der Waals surface area contributed by atoms with E-state index in [4.69, 9.17) is 129 Å². The number of carboxylic acids is 1. The zero-order valence-electron chi connectivity index (χ0n) is 46.6. The lowest BCUT2D eigenvalue weighted by atomic mass is 10.6. The minimum atomic E-state index is -0.833. The molecule has 0 saturated carbocycles. The summed E-state index contributed by atoms with van der Waals surface area (Å²) in [6.45, 7) is 23.2. The largest absolute Gasteiger partial charge is 0.481 e. The SMILES string of the molecule is CC(=O)O.OCCOCCOCCOCCOCCOCCOCCOCCOCCOCCOCCOCCOCCOCCOCCOCCOCCOCCOCCOCCOCCOCCOCCOCCO. The molecule has 27 heteroatoms. The number of carbonyl (C=O) groups is 1. The molecule has 0 aromatic rings. The van der Waals surface area contributed by atoms with E-state index in [1.807, 2.05) is 0 Å². The maximum atomic E-state index is 9.00. The minimum Gasteiger partial charge on any atom is -0.481 e. The van der Waals surface area contributed by atoms with Crippen LogP contribution >= 0.6 is 0 Å². The summed E-state index contributed by atoms with van der Waals surface area (Å²) < 4.78 is 125. The van der Waals surface area contributed by atoms with E-state index in [2.05, 4.69) is 0 Å². The average molecular weight is 1140 g/mol. The van der Waals surface area contributed by atoms with Crippen LogP contribution in [0.15, 0.2) is 0 Å². The third kappa shape index (κ3) is 83.4. The Hall–Kier alpha value is -1.53. The van der Waals surface area contributed by atoms with E-state index >= 15 is 0 Å². The van der Waals surface area contributed by atoms with E-state index in [-0.39, 0.29) is 13.2 Å². The van der Waals surface area contributed by atoms with Gasteiger partial charge >= 0.3 is 0 Å². The van der Waals surface area contributed by atoms with Crippen molar-refractivity contribution in [2.24, 2.45) is 0 Å². The van der Waals surface area contributed by atoms with Gasteiger partial charge in [-0.3, -0.25) is 4.79 Å². The Morgan fingerprint density at radius 1 is 0.182 bits per heavy atom. The Morgan fingerprint density at radius 3 is 0.286 bits per heavy atom. The quantitative estimate of drug-likeness (QED) is 0.0644. The van der Waals surface area contributed by atoms with Crippen molar-refractivity contribution < 1.29 is 129 Å². The highest BCUT2D eigenvalue weighted by Crippen LogP contribution is 1.91. The maximum absolute atomic E-state index is 9.00. The van der Waals surface area contributed by atoms with Crippen LogP contribution in [-0.2, 0) is 114 Å². The Bertz CT molecular complexity index is 959. The monoisotopic (exact) mass is 1130 g/mol. The Kier molecular flexibility index (Phi) is 77.1. The maximum Gasteiger partial charge on any atom is 0.300 e. The number of hydrogen-bond acceptors (Lipinski definition) is 26. The first-order valence-electron chi connectivity index (χ1n) is 26.8. The molecule has 0 atom stereocenters. The number of aliphatic carboxylic acids is 1. The average Bonchev–Trinajstić information content (AvgIpc) is 3.42. The number of rotatable bonds is 70. The fraction of sp³-hybridized carbons (Fsp3) is 0.980. The molecule has 0 bridgehead atoms.